The minimum atomic E-state index is 0.739. The minimum absolute atomic E-state index is 0.739. The van der Waals surface area contributed by atoms with E-state index in [9.17, 15) is 0 Å². The molecule has 0 aromatic carbocycles. The van der Waals surface area contributed by atoms with E-state index < -0.39 is 0 Å². The van der Waals surface area contributed by atoms with Gasteiger partial charge in [0.1, 0.15) is 0 Å². The van der Waals surface area contributed by atoms with Crippen molar-refractivity contribution in [2.24, 2.45) is 5.92 Å². The molecule has 1 heterocycles. The van der Waals surface area contributed by atoms with E-state index in [1.165, 1.54) is 25.4 Å². The highest BCUT2D eigenvalue weighted by Gasteiger charge is 2.17. The number of hydrogen-bond acceptors (Lipinski definition) is 3. The van der Waals surface area contributed by atoms with Crippen molar-refractivity contribution in [3.63, 3.8) is 0 Å². The molecular formula is C9H19NS2. The SMILES string of the molecule is CC(CS)CN1CCSC(C)C1. The van der Waals surface area contributed by atoms with Gasteiger partial charge in [-0.15, -0.1) is 0 Å². The quantitative estimate of drug-likeness (QED) is 0.702. The average Bonchev–Trinajstić information content (AvgIpc) is 2.04. The number of hydrogen-bond donors (Lipinski definition) is 1. The summed E-state index contributed by atoms with van der Waals surface area (Å²) in [4.78, 5) is 2.57. The summed E-state index contributed by atoms with van der Waals surface area (Å²) in [7, 11) is 0. The summed E-state index contributed by atoms with van der Waals surface area (Å²) >= 11 is 6.40. The summed E-state index contributed by atoms with van der Waals surface area (Å²) in [6.07, 6.45) is 0. The van der Waals surface area contributed by atoms with Crippen molar-refractivity contribution >= 4 is 24.4 Å². The zero-order chi connectivity index (χ0) is 8.97. The van der Waals surface area contributed by atoms with Crippen LogP contribution in [0.3, 0.4) is 0 Å². The van der Waals surface area contributed by atoms with Gasteiger partial charge in [0.05, 0.1) is 0 Å². The molecule has 0 N–H and O–H groups in total. The van der Waals surface area contributed by atoms with Crippen LogP contribution in [-0.2, 0) is 0 Å². The fraction of sp³-hybridized carbons (Fsp3) is 1.00. The molecule has 0 saturated carbocycles. The van der Waals surface area contributed by atoms with Crippen LogP contribution < -0.4 is 0 Å². The normalized spacial score (nSPS) is 28.8. The van der Waals surface area contributed by atoms with Crippen molar-refractivity contribution in [3.8, 4) is 0 Å². The second kappa shape index (κ2) is 5.40. The molecule has 1 fully saturated rings. The summed E-state index contributed by atoms with van der Waals surface area (Å²) < 4.78 is 0. The zero-order valence-corrected chi connectivity index (χ0v) is 9.70. The van der Waals surface area contributed by atoms with Crippen molar-refractivity contribution in [2.45, 2.75) is 19.1 Å². The van der Waals surface area contributed by atoms with Crippen LogP contribution in [0.2, 0.25) is 0 Å². The molecule has 2 unspecified atom stereocenters. The van der Waals surface area contributed by atoms with E-state index in [2.05, 4.69) is 43.1 Å². The van der Waals surface area contributed by atoms with Crippen LogP contribution in [0.4, 0.5) is 0 Å². The summed E-state index contributed by atoms with van der Waals surface area (Å²) in [6.45, 7) is 8.37. The largest absolute Gasteiger partial charge is 0.301 e. The lowest BCUT2D eigenvalue weighted by atomic mass is 10.2. The van der Waals surface area contributed by atoms with Gasteiger partial charge in [-0.3, -0.25) is 0 Å². The van der Waals surface area contributed by atoms with Gasteiger partial charge in [0.15, 0.2) is 0 Å². The lowest BCUT2D eigenvalue weighted by Gasteiger charge is -2.32. The Labute approximate surface area is 85.7 Å². The Bertz CT molecular complexity index is 130. The van der Waals surface area contributed by atoms with Crippen molar-refractivity contribution in [1.82, 2.24) is 4.90 Å². The van der Waals surface area contributed by atoms with Gasteiger partial charge in [0, 0.05) is 30.6 Å². The molecule has 1 saturated heterocycles. The molecule has 2 atom stereocenters. The van der Waals surface area contributed by atoms with Crippen molar-refractivity contribution in [2.75, 3.05) is 31.1 Å². The Morgan fingerprint density at radius 3 is 3.00 bits per heavy atom. The maximum absolute atomic E-state index is 4.31. The van der Waals surface area contributed by atoms with Gasteiger partial charge in [0.25, 0.3) is 0 Å². The van der Waals surface area contributed by atoms with E-state index in [4.69, 9.17) is 0 Å². The second-order valence-electron chi connectivity index (χ2n) is 3.73. The van der Waals surface area contributed by atoms with E-state index in [1.54, 1.807) is 0 Å². The Kier molecular flexibility index (Phi) is 4.84. The molecule has 0 radical (unpaired) electrons. The number of rotatable bonds is 3. The Hall–Kier alpha value is 0.660. The molecule has 1 aliphatic rings. The van der Waals surface area contributed by atoms with Gasteiger partial charge in [-0.1, -0.05) is 13.8 Å². The monoisotopic (exact) mass is 205 g/mol. The van der Waals surface area contributed by atoms with Gasteiger partial charge in [-0.2, -0.15) is 24.4 Å². The molecule has 3 heteroatoms. The molecular weight excluding hydrogens is 186 g/mol. The molecule has 0 aromatic heterocycles. The average molecular weight is 205 g/mol. The molecule has 72 valence electrons. The first-order valence-corrected chi connectivity index (χ1v) is 6.35. The molecule has 0 bridgehead atoms. The molecule has 0 aromatic rings. The van der Waals surface area contributed by atoms with Gasteiger partial charge < -0.3 is 4.90 Å². The summed E-state index contributed by atoms with van der Waals surface area (Å²) in [5, 5.41) is 0.825. The fourth-order valence-corrected chi connectivity index (χ4v) is 2.75. The van der Waals surface area contributed by atoms with Gasteiger partial charge in [-0.25, -0.2) is 0 Å². The predicted molar refractivity (Wildman–Crippen MR) is 61.4 cm³/mol. The summed E-state index contributed by atoms with van der Waals surface area (Å²) in [5.41, 5.74) is 0. The lowest BCUT2D eigenvalue weighted by molar-refractivity contribution is 0.257. The van der Waals surface area contributed by atoms with Crippen LogP contribution in [0.25, 0.3) is 0 Å². The summed E-state index contributed by atoms with van der Waals surface area (Å²) in [6, 6.07) is 0. The van der Waals surface area contributed by atoms with Crippen LogP contribution in [0.15, 0.2) is 0 Å². The molecule has 0 amide bonds. The third-order valence-corrected chi connectivity index (χ3v) is 3.97. The maximum Gasteiger partial charge on any atom is 0.0147 e. The molecule has 0 aliphatic carbocycles. The van der Waals surface area contributed by atoms with Crippen LogP contribution in [0.5, 0.6) is 0 Å². The highest BCUT2D eigenvalue weighted by molar-refractivity contribution is 7.99. The first-order valence-electron chi connectivity index (χ1n) is 4.67. The lowest BCUT2D eigenvalue weighted by Crippen LogP contribution is -2.39. The van der Waals surface area contributed by atoms with Crippen LogP contribution >= 0.6 is 24.4 Å². The molecule has 12 heavy (non-hydrogen) atoms. The van der Waals surface area contributed by atoms with Crippen molar-refractivity contribution < 1.29 is 0 Å². The van der Waals surface area contributed by atoms with E-state index in [-0.39, 0.29) is 0 Å². The number of thiol groups is 1. The Morgan fingerprint density at radius 2 is 2.42 bits per heavy atom. The van der Waals surface area contributed by atoms with E-state index >= 15 is 0 Å². The Balaban J connectivity index is 2.22. The molecule has 1 rings (SSSR count). The van der Waals surface area contributed by atoms with Gasteiger partial charge in [0.2, 0.25) is 0 Å². The molecule has 1 nitrogen and oxygen atoms in total. The highest BCUT2D eigenvalue weighted by atomic mass is 32.2. The highest BCUT2D eigenvalue weighted by Crippen LogP contribution is 2.18. The summed E-state index contributed by atoms with van der Waals surface area (Å²) in [5.74, 6) is 3.06. The number of thioether (sulfide) groups is 1. The van der Waals surface area contributed by atoms with Gasteiger partial charge in [-0.05, 0) is 11.7 Å². The minimum Gasteiger partial charge on any atom is -0.301 e. The predicted octanol–water partition coefficient (Wildman–Crippen LogP) is 1.99. The van der Waals surface area contributed by atoms with Crippen LogP contribution in [0.1, 0.15) is 13.8 Å². The van der Waals surface area contributed by atoms with Gasteiger partial charge >= 0.3 is 0 Å². The fourth-order valence-electron chi connectivity index (χ4n) is 1.55. The van der Waals surface area contributed by atoms with Crippen molar-refractivity contribution in [1.29, 1.82) is 0 Å². The third-order valence-electron chi connectivity index (χ3n) is 2.21. The second-order valence-corrected chi connectivity index (χ2v) is 5.64. The van der Waals surface area contributed by atoms with E-state index in [1.807, 2.05) is 0 Å². The number of nitrogens with zero attached hydrogens (tertiary/aromatic N) is 1. The first kappa shape index (κ1) is 10.7. The zero-order valence-electron chi connectivity index (χ0n) is 7.99. The standard InChI is InChI=1S/C9H19NS2/c1-8(7-11)5-10-3-4-12-9(2)6-10/h8-9,11H,3-7H2,1-2H3. The van der Waals surface area contributed by atoms with Crippen molar-refractivity contribution in [3.05, 3.63) is 0 Å². The third kappa shape index (κ3) is 3.58. The molecule has 0 spiro atoms. The first-order chi connectivity index (χ1) is 5.72. The topological polar surface area (TPSA) is 3.24 Å². The van der Waals surface area contributed by atoms with Crippen LogP contribution in [0, 0.1) is 5.92 Å². The Morgan fingerprint density at radius 1 is 1.67 bits per heavy atom. The smallest absolute Gasteiger partial charge is 0.0147 e. The van der Waals surface area contributed by atoms with E-state index in [0.29, 0.717) is 0 Å². The van der Waals surface area contributed by atoms with E-state index in [0.717, 1.165) is 16.9 Å². The van der Waals surface area contributed by atoms with Crippen LogP contribution in [-0.4, -0.2) is 41.3 Å². The molecule has 1 aliphatic heterocycles. The maximum atomic E-state index is 4.31.